The summed E-state index contributed by atoms with van der Waals surface area (Å²) in [6.45, 7) is 28.0. The van der Waals surface area contributed by atoms with Crippen molar-refractivity contribution < 1.29 is 24.2 Å². The van der Waals surface area contributed by atoms with Crippen LogP contribution < -0.4 is 0 Å². The summed E-state index contributed by atoms with van der Waals surface area (Å²) in [6.07, 6.45) is 11.0. The van der Waals surface area contributed by atoms with Crippen LogP contribution in [0.2, 0.25) is 0 Å². The molecule has 0 N–H and O–H groups in total. The molecule has 5 heteroatoms. The Morgan fingerprint density at radius 1 is 0.615 bits per heavy atom. The Morgan fingerprint density at radius 3 is 1.48 bits per heavy atom. The van der Waals surface area contributed by atoms with E-state index in [9.17, 15) is 0 Å². The summed E-state index contributed by atoms with van der Waals surface area (Å²) in [5.41, 5.74) is 14.5. The molecule has 52 heavy (non-hydrogen) atoms. The summed E-state index contributed by atoms with van der Waals surface area (Å²) >= 11 is 8.43. The van der Waals surface area contributed by atoms with E-state index in [4.69, 9.17) is 0 Å². The third-order valence-corrected chi connectivity index (χ3v) is 11.5. The number of hydrogen-bond acceptors (Lipinski definition) is 0. The van der Waals surface area contributed by atoms with Crippen molar-refractivity contribution in [3.8, 4) is 11.1 Å². The van der Waals surface area contributed by atoms with E-state index < -0.39 is 0 Å². The van der Waals surface area contributed by atoms with Gasteiger partial charge in [-0.25, -0.2) is 12.2 Å². The molecule has 0 nitrogen and oxygen atoms in total. The molecular weight excluding hydrogens is 886 g/mol. The van der Waals surface area contributed by atoms with Gasteiger partial charge in [0, 0.05) is 0 Å². The van der Waals surface area contributed by atoms with E-state index in [0.29, 0.717) is 0 Å². The molecule has 0 saturated heterocycles. The number of allylic oxidation sites excluding steroid dienone is 4. The summed E-state index contributed by atoms with van der Waals surface area (Å²) in [5.74, 6) is 0. The van der Waals surface area contributed by atoms with E-state index in [1.807, 2.05) is 24.3 Å². The summed E-state index contributed by atoms with van der Waals surface area (Å²) in [4.78, 5) is 0. The molecule has 0 bridgehead atoms. The Bertz CT molecular complexity index is 1790. The summed E-state index contributed by atoms with van der Waals surface area (Å²) < 4.78 is 3.62. The third-order valence-electron chi connectivity index (χ3n) is 9.05. The first-order valence-corrected chi connectivity index (χ1v) is 20.5. The molecule has 4 aromatic rings. The Morgan fingerprint density at radius 2 is 1.10 bits per heavy atom. The monoisotopic (exact) mass is 938 g/mol. The third kappa shape index (κ3) is 12.1. The van der Waals surface area contributed by atoms with Gasteiger partial charge < -0.3 is 0 Å². The number of benzene rings is 4. The van der Waals surface area contributed by atoms with Crippen molar-refractivity contribution in [3.05, 3.63) is 151 Å². The van der Waals surface area contributed by atoms with Crippen molar-refractivity contribution in [3.63, 3.8) is 0 Å². The van der Waals surface area contributed by atoms with Crippen molar-refractivity contribution in [2.24, 2.45) is 0 Å². The zero-order chi connectivity index (χ0) is 37.2. The van der Waals surface area contributed by atoms with Gasteiger partial charge >= 0.3 is 128 Å². The van der Waals surface area contributed by atoms with E-state index in [2.05, 4.69) is 188 Å². The smallest absolute Gasteiger partial charge is 0.0129 e. The Labute approximate surface area is 360 Å². The van der Waals surface area contributed by atoms with E-state index in [0.717, 1.165) is 21.8 Å². The predicted octanol–water partition coefficient (Wildman–Crippen LogP) is 14.7. The number of fused-ring (bicyclic) bond motifs is 3. The molecule has 2 aliphatic carbocycles. The number of rotatable bonds is 2. The zero-order valence-electron chi connectivity index (χ0n) is 33.1. The molecule has 0 radical (unpaired) electrons. The molecule has 276 valence electrons. The number of halogens is 4. The maximum atomic E-state index is 3.90. The van der Waals surface area contributed by atoms with Gasteiger partial charge in [0.2, 0.25) is 0 Å². The first-order chi connectivity index (χ1) is 23.1. The van der Waals surface area contributed by atoms with Gasteiger partial charge in [0.05, 0.1) is 0 Å². The van der Waals surface area contributed by atoms with Crippen LogP contribution in [0.25, 0.3) is 11.1 Å². The van der Waals surface area contributed by atoms with Crippen LogP contribution in [-0.2, 0) is 52.3 Å². The molecule has 6 rings (SSSR count). The average Bonchev–Trinajstić information content (AvgIpc) is 3.70. The molecule has 0 aliphatic heterocycles. The van der Waals surface area contributed by atoms with Crippen LogP contribution in [-0.4, -0.2) is 3.21 Å². The summed E-state index contributed by atoms with van der Waals surface area (Å²) in [6, 6.07) is 28.2. The zero-order valence-corrected chi connectivity index (χ0v) is 40.3. The molecule has 0 fully saturated rings. The molecular formula is C47H56Br2Cl2Zr. The average molecular weight is 943 g/mol. The standard InChI is InChI=1S/C29H41.C13H8Br2.C5H5.2ClH.Zr/c1-26(2,3)22-14-18-13-19-15-23(27(4,5)6)25(29(10,11)12)17-21(19)20(18)16-24(22)28(7,8)9;14-12-5-1-3-10(8-12)7-11-4-2-6-13(15)9-11;1-2-4-5-3-1;;;/h14,16-17H,13H2,1-12H3;1-6,8-9H;1-3H,4H2;2*1H;/q-1;;-1;;;+2. The largest absolute Gasteiger partial charge is 0.273 e. The van der Waals surface area contributed by atoms with E-state index >= 15 is 0 Å². The maximum absolute atomic E-state index is 3.90. The van der Waals surface area contributed by atoms with Crippen LogP contribution in [0.5, 0.6) is 0 Å². The van der Waals surface area contributed by atoms with E-state index in [-0.39, 0.29) is 46.5 Å². The summed E-state index contributed by atoms with van der Waals surface area (Å²) in [5, 5.41) is 0. The van der Waals surface area contributed by atoms with Gasteiger partial charge in [0.1, 0.15) is 0 Å². The predicted molar refractivity (Wildman–Crippen MR) is 236 cm³/mol. The normalized spacial score (nSPS) is 13.1. The molecule has 0 atom stereocenters. The van der Waals surface area contributed by atoms with Crippen molar-refractivity contribution >= 4 is 59.9 Å². The molecule has 0 amide bonds. The van der Waals surface area contributed by atoms with Crippen LogP contribution in [0, 0.1) is 12.1 Å². The van der Waals surface area contributed by atoms with Crippen LogP contribution in [0.3, 0.4) is 0 Å². The maximum Gasteiger partial charge on any atom is -0.0129 e. The minimum absolute atomic E-state index is 0. The van der Waals surface area contributed by atoms with Gasteiger partial charge in [0.15, 0.2) is 0 Å². The Kier molecular flexibility index (Phi) is 16.7. The van der Waals surface area contributed by atoms with Gasteiger partial charge in [-0.3, -0.25) is 6.08 Å². The molecule has 0 unspecified atom stereocenters. The molecule has 0 saturated carbocycles. The molecule has 0 aromatic heterocycles. The summed E-state index contributed by atoms with van der Waals surface area (Å²) in [7, 11) is 0. The topological polar surface area (TPSA) is 0 Å². The van der Waals surface area contributed by atoms with Gasteiger partial charge in [0.25, 0.3) is 0 Å². The van der Waals surface area contributed by atoms with Crippen LogP contribution >= 0.6 is 56.7 Å². The Hall–Kier alpha value is -1.35. The fourth-order valence-electron chi connectivity index (χ4n) is 6.42. The quantitative estimate of drug-likeness (QED) is 0.155. The minimum atomic E-state index is 0. The molecule has 4 aromatic carbocycles. The van der Waals surface area contributed by atoms with Crippen molar-refractivity contribution in [1.82, 2.24) is 0 Å². The van der Waals surface area contributed by atoms with Gasteiger partial charge in [-0.05, 0) is 39.4 Å². The molecule has 0 heterocycles. The van der Waals surface area contributed by atoms with E-state index in [1.54, 1.807) is 0 Å². The second-order valence-corrected chi connectivity index (χ2v) is 20.6. The van der Waals surface area contributed by atoms with Crippen molar-refractivity contribution in [2.45, 2.75) is 118 Å². The fraction of sp³-hybridized carbons (Fsp3) is 0.383. The molecule has 2 aliphatic rings. The van der Waals surface area contributed by atoms with Crippen LogP contribution in [0.4, 0.5) is 0 Å². The van der Waals surface area contributed by atoms with Crippen molar-refractivity contribution in [2.75, 3.05) is 0 Å². The number of hydrogen-bond donors (Lipinski definition) is 0. The van der Waals surface area contributed by atoms with Crippen LogP contribution in [0.15, 0.2) is 93.9 Å². The second-order valence-electron chi connectivity index (χ2n) is 17.6. The van der Waals surface area contributed by atoms with Gasteiger partial charge in [-0.15, -0.1) is 47.9 Å². The van der Waals surface area contributed by atoms with Gasteiger partial charge in [-0.2, -0.15) is 23.8 Å². The first-order valence-electron chi connectivity index (χ1n) is 17.7. The van der Waals surface area contributed by atoms with Gasteiger partial charge in [-0.1, -0.05) is 106 Å². The first kappa shape index (κ1) is 46.8. The second kappa shape index (κ2) is 18.5. The van der Waals surface area contributed by atoms with Crippen LogP contribution in [0.1, 0.15) is 134 Å². The van der Waals surface area contributed by atoms with E-state index in [1.165, 1.54) is 83.1 Å². The Balaban J connectivity index is 0.000000340. The SMILES string of the molecule is Brc1cccc([C](=[Zr+2])c2cccc(Br)c2)c1.CC(C)(C)c1[c-]c2c(cc1C(C)(C)C)-c1cc(C(C)(C)C)c(C(C)(C)C)cc1C2.Cl.Cl.[C-]1=CC=CC1. The minimum Gasteiger partial charge on any atom is -0.273 e. The van der Waals surface area contributed by atoms with Crippen molar-refractivity contribution in [1.29, 1.82) is 0 Å². The fourth-order valence-corrected chi connectivity index (χ4v) is 7.98. The molecule has 0 spiro atoms.